The third-order valence-corrected chi connectivity index (χ3v) is 6.53. The number of hydrogen-bond acceptors (Lipinski definition) is 5. The van der Waals surface area contributed by atoms with E-state index >= 15 is 0 Å². The van der Waals surface area contributed by atoms with E-state index in [4.69, 9.17) is 4.98 Å². The minimum absolute atomic E-state index is 0.0303. The maximum absolute atomic E-state index is 12.6. The summed E-state index contributed by atoms with van der Waals surface area (Å²) in [6.45, 7) is 1.51. The molecule has 0 radical (unpaired) electrons. The third kappa shape index (κ3) is 3.76. The number of likely N-dealkylation sites (tertiary alicyclic amines) is 1. The first kappa shape index (κ1) is 17.9. The summed E-state index contributed by atoms with van der Waals surface area (Å²) in [5.41, 5.74) is 3.46. The van der Waals surface area contributed by atoms with Crippen LogP contribution in [0.5, 0.6) is 0 Å². The van der Waals surface area contributed by atoms with Gasteiger partial charge in [0.2, 0.25) is 5.91 Å². The molecule has 5 rings (SSSR count). The van der Waals surface area contributed by atoms with Crippen molar-refractivity contribution in [1.29, 1.82) is 0 Å². The van der Waals surface area contributed by atoms with Gasteiger partial charge in [-0.1, -0.05) is 24.3 Å². The molecule has 0 spiro atoms. The molecule has 144 valence electrons. The van der Waals surface area contributed by atoms with Crippen molar-refractivity contribution in [2.24, 2.45) is 0 Å². The number of hydrogen-bond donors (Lipinski definition) is 0. The number of piperidine rings is 1. The number of nitrogens with zero attached hydrogens (tertiary/aromatic N) is 4. The highest BCUT2D eigenvalue weighted by atomic mass is 32.1. The van der Waals surface area contributed by atoms with Crippen LogP contribution in [0, 0.1) is 0 Å². The van der Waals surface area contributed by atoms with Gasteiger partial charge in [0.15, 0.2) is 0 Å². The number of fused-ring (bicyclic) bond motifs is 2. The minimum Gasteiger partial charge on any atom is -0.339 e. The maximum atomic E-state index is 12.6. The molecule has 6 heteroatoms. The molecule has 2 aromatic heterocycles. The summed E-state index contributed by atoms with van der Waals surface area (Å²) in [6, 6.07) is 16.0. The monoisotopic (exact) mass is 400 g/mol. The summed E-state index contributed by atoms with van der Waals surface area (Å²) in [6.07, 6.45) is 6.97. The zero-order chi connectivity index (χ0) is 19.6. The highest BCUT2D eigenvalue weighted by molar-refractivity contribution is 7.18. The van der Waals surface area contributed by atoms with Crippen LogP contribution in [0.4, 0.5) is 0 Å². The van der Waals surface area contributed by atoms with Gasteiger partial charge < -0.3 is 4.90 Å². The van der Waals surface area contributed by atoms with Crippen LogP contribution < -0.4 is 0 Å². The Morgan fingerprint density at radius 3 is 2.48 bits per heavy atom. The topological polar surface area (TPSA) is 59.0 Å². The molecule has 1 saturated heterocycles. The van der Waals surface area contributed by atoms with E-state index in [2.05, 4.69) is 28.2 Å². The molecule has 0 bridgehead atoms. The van der Waals surface area contributed by atoms with Crippen LogP contribution in [0.3, 0.4) is 0 Å². The lowest BCUT2D eigenvalue weighted by Gasteiger charge is -2.30. The molecule has 29 heavy (non-hydrogen) atoms. The van der Waals surface area contributed by atoms with Crippen LogP contribution in [0.1, 0.15) is 29.5 Å². The summed E-state index contributed by atoms with van der Waals surface area (Å²) in [5, 5.41) is 1.19. The second kappa shape index (κ2) is 7.72. The van der Waals surface area contributed by atoms with Gasteiger partial charge in [0, 0.05) is 25.1 Å². The van der Waals surface area contributed by atoms with Gasteiger partial charge in [-0.25, -0.2) is 9.97 Å². The number of para-hydroxylation sites is 3. The van der Waals surface area contributed by atoms with E-state index < -0.39 is 0 Å². The molecule has 2 aromatic carbocycles. The van der Waals surface area contributed by atoms with Crippen LogP contribution in [-0.4, -0.2) is 38.8 Å². The van der Waals surface area contributed by atoms with Crippen molar-refractivity contribution < 1.29 is 4.79 Å². The number of carbonyl (C=O) groups is 1. The largest absolute Gasteiger partial charge is 0.339 e. The molecule has 1 aliphatic heterocycles. The maximum Gasteiger partial charge on any atom is 0.246 e. The Kier molecular flexibility index (Phi) is 4.77. The number of amides is 1. The predicted molar refractivity (Wildman–Crippen MR) is 117 cm³/mol. The molecular weight excluding hydrogens is 380 g/mol. The Hall–Kier alpha value is -3.12. The summed E-state index contributed by atoms with van der Waals surface area (Å²) < 4.78 is 1.24. The van der Waals surface area contributed by atoms with Crippen LogP contribution in [0.25, 0.3) is 27.3 Å². The zero-order valence-corrected chi connectivity index (χ0v) is 16.7. The smallest absolute Gasteiger partial charge is 0.246 e. The predicted octanol–water partition coefficient (Wildman–Crippen LogP) is 4.66. The summed E-state index contributed by atoms with van der Waals surface area (Å²) in [5.74, 6) is 0.467. The van der Waals surface area contributed by atoms with Gasteiger partial charge in [-0.05, 0) is 43.2 Å². The molecule has 3 heterocycles. The lowest BCUT2D eigenvalue weighted by atomic mass is 9.97. The highest BCUT2D eigenvalue weighted by Gasteiger charge is 2.25. The normalized spacial score (nSPS) is 15.5. The average Bonchev–Trinajstić information content (AvgIpc) is 3.22. The van der Waals surface area contributed by atoms with Gasteiger partial charge in [0.1, 0.15) is 0 Å². The molecule has 1 amide bonds. The first-order valence-corrected chi connectivity index (χ1v) is 10.6. The fourth-order valence-corrected chi connectivity index (χ4v) is 4.86. The Balaban J connectivity index is 1.23. The van der Waals surface area contributed by atoms with Gasteiger partial charge in [0.05, 0.1) is 38.1 Å². The van der Waals surface area contributed by atoms with E-state index in [0.717, 1.165) is 42.5 Å². The summed E-state index contributed by atoms with van der Waals surface area (Å²) in [4.78, 5) is 28.2. The highest BCUT2D eigenvalue weighted by Crippen LogP contribution is 2.33. The summed E-state index contributed by atoms with van der Waals surface area (Å²) in [7, 11) is 0. The number of carbonyl (C=O) groups excluding carboxylic acids is 1. The molecule has 0 atom stereocenters. The van der Waals surface area contributed by atoms with Gasteiger partial charge in [-0.2, -0.15) is 0 Å². The van der Waals surface area contributed by atoms with Crippen LogP contribution in [0.15, 0.2) is 60.8 Å². The Morgan fingerprint density at radius 1 is 0.966 bits per heavy atom. The number of thiazole rings is 1. The van der Waals surface area contributed by atoms with Crippen molar-refractivity contribution in [2.45, 2.75) is 18.8 Å². The summed E-state index contributed by atoms with van der Waals surface area (Å²) >= 11 is 1.78. The van der Waals surface area contributed by atoms with Crippen molar-refractivity contribution in [3.05, 3.63) is 71.5 Å². The van der Waals surface area contributed by atoms with Crippen LogP contribution in [-0.2, 0) is 4.79 Å². The van der Waals surface area contributed by atoms with Crippen molar-refractivity contribution in [2.75, 3.05) is 13.1 Å². The van der Waals surface area contributed by atoms with Crippen molar-refractivity contribution in [3.63, 3.8) is 0 Å². The Labute approximate surface area is 172 Å². The lowest BCUT2D eigenvalue weighted by Crippen LogP contribution is -2.36. The molecule has 4 aromatic rings. The van der Waals surface area contributed by atoms with Crippen LogP contribution in [0.2, 0.25) is 0 Å². The average molecular weight is 401 g/mol. The van der Waals surface area contributed by atoms with E-state index in [1.54, 1.807) is 29.7 Å². The molecular formula is C23H20N4OS. The van der Waals surface area contributed by atoms with Gasteiger partial charge in [-0.15, -0.1) is 11.3 Å². The van der Waals surface area contributed by atoms with Gasteiger partial charge >= 0.3 is 0 Å². The molecule has 5 nitrogen and oxygen atoms in total. The quantitative estimate of drug-likeness (QED) is 0.469. The van der Waals surface area contributed by atoms with E-state index in [1.807, 2.05) is 35.2 Å². The first-order chi connectivity index (χ1) is 14.3. The van der Waals surface area contributed by atoms with E-state index in [1.165, 1.54) is 9.71 Å². The fraction of sp³-hybridized carbons (Fsp3) is 0.217. The third-order valence-electron chi connectivity index (χ3n) is 5.33. The number of benzene rings is 2. The molecule has 0 aliphatic carbocycles. The SMILES string of the molecule is O=C(/C=C/c1cnc2ccccc2n1)N1CCC(c2nc3ccccc3s2)CC1. The molecule has 1 fully saturated rings. The van der Waals surface area contributed by atoms with Crippen molar-refractivity contribution in [3.8, 4) is 0 Å². The fourth-order valence-electron chi connectivity index (χ4n) is 3.73. The van der Waals surface area contributed by atoms with Crippen molar-refractivity contribution in [1.82, 2.24) is 19.9 Å². The van der Waals surface area contributed by atoms with E-state index in [0.29, 0.717) is 11.6 Å². The van der Waals surface area contributed by atoms with E-state index in [9.17, 15) is 4.79 Å². The Morgan fingerprint density at radius 2 is 1.69 bits per heavy atom. The second-order valence-electron chi connectivity index (χ2n) is 7.24. The second-order valence-corrected chi connectivity index (χ2v) is 8.30. The van der Waals surface area contributed by atoms with E-state index in [-0.39, 0.29) is 5.91 Å². The minimum atomic E-state index is 0.0303. The molecule has 0 saturated carbocycles. The molecule has 0 N–H and O–H groups in total. The van der Waals surface area contributed by atoms with Crippen LogP contribution >= 0.6 is 11.3 Å². The zero-order valence-electron chi connectivity index (χ0n) is 15.9. The number of rotatable bonds is 3. The van der Waals surface area contributed by atoms with Gasteiger partial charge in [-0.3, -0.25) is 9.78 Å². The lowest BCUT2D eigenvalue weighted by molar-refractivity contribution is -0.126. The van der Waals surface area contributed by atoms with Gasteiger partial charge in [0.25, 0.3) is 0 Å². The Bertz CT molecular complexity index is 1170. The number of aromatic nitrogens is 3. The molecule has 0 unspecified atom stereocenters. The van der Waals surface area contributed by atoms with Crippen molar-refractivity contribution >= 4 is 44.6 Å². The standard InChI is InChI=1S/C23H20N4OS/c28-22(10-9-17-15-24-18-5-1-2-6-19(18)25-17)27-13-11-16(12-14-27)23-26-20-7-3-4-8-21(20)29-23/h1-10,15-16H,11-14H2/b10-9+. The first-order valence-electron chi connectivity index (χ1n) is 9.80. The molecule has 1 aliphatic rings.